The number of thioether (sulfide) groups is 1. The predicted octanol–water partition coefficient (Wildman–Crippen LogP) is 1.82. The second-order valence-electron chi connectivity index (χ2n) is 5.14. The van der Waals surface area contributed by atoms with E-state index in [1.54, 1.807) is 31.2 Å². The van der Waals surface area contributed by atoms with Crippen molar-refractivity contribution in [2.24, 2.45) is 0 Å². The summed E-state index contributed by atoms with van der Waals surface area (Å²) >= 11 is 6.24. The first-order valence-electron chi connectivity index (χ1n) is 7.71. The lowest BCUT2D eigenvalue weighted by atomic mass is 10.1. The normalized spacial score (nSPS) is 17.1. The summed E-state index contributed by atoms with van der Waals surface area (Å²) < 4.78 is 11.0. The summed E-state index contributed by atoms with van der Waals surface area (Å²) in [6.07, 6.45) is 1.87. The van der Waals surface area contributed by atoms with Crippen molar-refractivity contribution >= 4 is 46.3 Å². The molecule has 0 N–H and O–H groups in total. The number of carbonyl (C=O) groups excluding carboxylic acids is 2. The van der Waals surface area contributed by atoms with E-state index in [4.69, 9.17) is 21.7 Å². The van der Waals surface area contributed by atoms with E-state index in [2.05, 4.69) is 0 Å². The fourth-order valence-electron chi connectivity index (χ4n) is 2.40. The number of aliphatic carboxylic acids is 1. The quantitative estimate of drug-likeness (QED) is 0.527. The van der Waals surface area contributed by atoms with Crippen LogP contribution in [0.1, 0.15) is 25.8 Å². The van der Waals surface area contributed by atoms with E-state index < -0.39 is 17.9 Å². The highest BCUT2D eigenvalue weighted by Crippen LogP contribution is 2.36. The van der Waals surface area contributed by atoms with Gasteiger partial charge in [-0.3, -0.25) is 9.69 Å². The lowest BCUT2D eigenvalue weighted by molar-refractivity contribution is -0.310. The van der Waals surface area contributed by atoms with Gasteiger partial charge < -0.3 is 19.4 Å². The minimum absolute atomic E-state index is 0.213. The molecule has 1 fully saturated rings. The Morgan fingerprint density at radius 2 is 2.12 bits per heavy atom. The molecule has 1 aromatic rings. The summed E-state index contributed by atoms with van der Waals surface area (Å²) in [5, 5.41) is 11.2. The molecule has 1 aliphatic rings. The number of thiocarbonyl (C=S) groups is 1. The fraction of sp³-hybridized carbons (Fsp3) is 0.353. The second kappa shape index (κ2) is 8.35. The number of hydrogen-bond donors (Lipinski definition) is 0. The summed E-state index contributed by atoms with van der Waals surface area (Å²) in [6.45, 7) is 4.05. The minimum atomic E-state index is -1.32. The molecule has 6 nitrogen and oxygen atoms in total. The third-order valence-corrected chi connectivity index (χ3v) is 4.91. The highest BCUT2D eigenvalue weighted by atomic mass is 32.2. The van der Waals surface area contributed by atoms with Crippen LogP contribution in [0.25, 0.3) is 6.08 Å². The zero-order valence-corrected chi connectivity index (χ0v) is 15.7. The largest absolute Gasteiger partial charge is 0.548 e. The Morgan fingerprint density at radius 1 is 1.40 bits per heavy atom. The van der Waals surface area contributed by atoms with Crippen LogP contribution in [0.5, 0.6) is 11.5 Å². The minimum Gasteiger partial charge on any atom is -0.548 e. The van der Waals surface area contributed by atoms with Gasteiger partial charge in [-0.1, -0.05) is 37.0 Å². The number of nitrogens with zero attached hydrogens (tertiary/aromatic N) is 1. The third-order valence-electron chi connectivity index (χ3n) is 3.58. The van der Waals surface area contributed by atoms with Crippen LogP contribution in [-0.4, -0.2) is 40.9 Å². The number of methoxy groups -OCH3 is 1. The number of rotatable bonds is 7. The average molecular weight is 380 g/mol. The summed E-state index contributed by atoms with van der Waals surface area (Å²) in [5.74, 6) is -0.591. The second-order valence-corrected chi connectivity index (χ2v) is 6.81. The van der Waals surface area contributed by atoms with Crippen molar-refractivity contribution in [3.8, 4) is 11.5 Å². The molecule has 1 amide bonds. The van der Waals surface area contributed by atoms with Gasteiger partial charge >= 0.3 is 0 Å². The Hall–Kier alpha value is -2.06. The molecule has 1 aliphatic heterocycles. The molecule has 0 radical (unpaired) electrons. The summed E-state index contributed by atoms with van der Waals surface area (Å²) in [4.78, 5) is 25.2. The van der Waals surface area contributed by atoms with Gasteiger partial charge in [-0.15, -0.1) is 0 Å². The lowest BCUT2D eigenvalue weighted by Crippen LogP contribution is -2.49. The molecule has 1 saturated heterocycles. The van der Waals surface area contributed by atoms with E-state index >= 15 is 0 Å². The maximum absolute atomic E-state index is 12.6. The van der Waals surface area contributed by atoms with E-state index in [1.165, 1.54) is 7.11 Å². The van der Waals surface area contributed by atoms with Gasteiger partial charge in [0.1, 0.15) is 4.32 Å². The van der Waals surface area contributed by atoms with Crippen molar-refractivity contribution in [1.82, 2.24) is 4.90 Å². The monoisotopic (exact) mass is 380 g/mol. The maximum atomic E-state index is 12.6. The van der Waals surface area contributed by atoms with E-state index in [-0.39, 0.29) is 10.7 Å². The summed E-state index contributed by atoms with van der Waals surface area (Å²) in [6, 6.07) is 4.22. The van der Waals surface area contributed by atoms with Crippen molar-refractivity contribution < 1.29 is 24.2 Å². The van der Waals surface area contributed by atoms with Crippen LogP contribution in [0, 0.1) is 0 Å². The Kier molecular flexibility index (Phi) is 6.44. The zero-order valence-electron chi connectivity index (χ0n) is 14.1. The molecule has 0 aliphatic carbocycles. The SMILES string of the molecule is CCOc1ccc(/C=C2\SC(=S)N([C@@H](CC)C(=O)[O-])C2=O)cc1OC. The molecule has 8 heteroatoms. The first-order chi connectivity index (χ1) is 11.9. The third kappa shape index (κ3) is 4.13. The standard InChI is InChI=1S/C17H19NO5S2/c1-4-11(16(20)21)18-15(19)14(25-17(18)24)9-10-6-7-12(23-5-2)13(8-10)22-3/h6-9,11H,4-5H2,1-3H3,(H,20,21)/p-1/b14-9-/t11-/m0/s1. The Morgan fingerprint density at radius 3 is 2.68 bits per heavy atom. The number of amides is 1. The van der Waals surface area contributed by atoms with Crippen molar-refractivity contribution in [2.75, 3.05) is 13.7 Å². The van der Waals surface area contributed by atoms with E-state index in [0.717, 1.165) is 22.2 Å². The van der Waals surface area contributed by atoms with Crippen LogP contribution >= 0.6 is 24.0 Å². The molecular weight excluding hydrogens is 362 g/mol. The van der Waals surface area contributed by atoms with Gasteiger partial charge in [-0.05, 0) is 37.1 Å². The first kappa shape index (κ1) is 19.3. The maximum Gasteiger partial charge on any atom is 0.266 e. The molecule has 0 aromatic heterocycles. The van der Waals surface area contributed by atoms with Crippen LogP contribution < -0.4 is 14.6 Å². The number of carbonyl (C=O) groups is 2. The molecule has 1 atom stereocenters. The van der Waals surface area contributed by atoms with E-state index in [1.807, 2.05) is 6.92 Å². The first-order valence-corrected chi connectivity index (χ1v) is 8.94. The van der Waals surface area contributed by atoms with Crippen molar-refractivity contribution in [3.05, 3.63) is 28.7 Å². The van der Waals surface area contributed by atoms with Crippen LogP contribution in [0.15, 0.2) is 23.1 Å². The molecule has 0 bridgehead atoms. The molecule has 1 aromatic carbocycles. The number of benzene rings is 1. The smallest absolute Gasteiger partial charge is 0.266 e. The molecule has 0 saturated carbocycles. The molecule has 0 unspecified atom stereocenters. The number of carboxylic acids is 1. The fourth-order valence-corrected chi connectivity index (χ4v) is 3.76. The highest BCUT2D eigenvalue weighted by molar-refractivity contribution is 8.26. The van der Waals surface area contributed by atoms with Crippen LogP contribution in [-0.2, 0) is 9.59 Å². The highest BCUT2D eigenvalue weighted by Gasteiger charge is 2.37. The Balaban J connectivity index is 2.31. The molecule has 25 heavy (non-hydrogen) atoms. The van der Waals surface area contributed by atoms with Gasteiger partial charge in [-0.2, -0.15) is 0 Å². The van der Waals surface area contributed by atoms with Gasteiger partial charge in [0, 0.05) is 0 Å². The van der Waals surface area contributed by atoms with E-state index in [0.29, 0.717) is 23.0 Å². The van der Waals surface area contributed by atoms with Gasteiger partial charge in [0.25, 0.3) is 5.91 Å². The molecule has 134 valence electrons. The Bertz CT molecular complexity index is 732. The topological polar surface area (TPSA) is 78.9 Å². The summed E-state index contributed by atoms with van der Waals surface area (Å²) in [5.41, 5.74) is 0.724. The predicted molar refractivity (Wildman–Crippen MR) is 98.3 cm³/mol. The van der Waals surface area contributed by atoms with Crippen LogP contribution in [0.2, 0.25) is 0 Å². The number of carboxylic acid groups (broad SMARTS) is 1. The van der Waals surface area contributed by atoms with Crippen LogP contribution in [0.3, 0.4) is 0 Å². The van der Waals surface area contributed by atoms with Gasteiger partial charge in [0.15, 0.2) is 11.5 Å². The van der Waals surface area contributed by atoms with Crippen molar-refractivity contribution in [1.29, 1.82) is 0 Å². The molecule has 0 spiro atoms. The van der Waals surface area contributed by atoms with Gasteiger partial charge in [0.2, 0.25) is 0 Å². The molecule has 1 heterocycles. The van der Waals surface area contributed by atoms with Crippen LogP contribution in [0.4, 0.5) is 0 Å². The lowest BCUT2D eigenvalue weighted by Gasteiger charge is -2.26. The zero-order chi connectivity index (χ0) is 18.6. The molecular formula is C17H18NO5S2-. The Labute approximate surface area is 155 Å². The van der Waals surface area contributed by atoms with Crippen molar-refractivity contribution in [2.45, 2.75) is 26.3 Å². The number of hydrogen-bond acceptors (Lipinski definition) is 7. The van der Waals surface area contributed by atoms with E-state index in [9.17, 15) is 14.7 Å². The summed E-state index contributed by atoms with van der Waals surface area (Å²) in [7, 11) is 1.53. The molecule has 2 rings (SSSR count). The number of ether oxygens (including phenoxy) is 2. The van der Waals surface area contributed by atoms with Gasteiger partial charge in [-0.25, -0.2) is 0 Å². The van der Waals surface area contributed by atoms with Crippen molar-refractivity contribution in [3.63, 3.8) is 0 Å². The average Bonchev–Trinajstić information content (AvgIpc) is 2.84. The van der Waals surface area contributed by atoms with Gasteiger partial charge in [0.05, 0.1) is 30.6 Å².